The van der Waals surface area contributed by atoms with E-state index in [0.717, 1.165) is 11.3 Å². The summed E-state index contributed by atoms with van der Waals surface area (Å²) in [6.07, 6.45) is 0. The van der Waals surface area contributed by atoms with Crippen LogP contribution in [-0.2, 0) is 10.5 Å². The van der Waals surface area contributed by atoms with Gasteiger partial charge in [-0.25, -0.2) is 4.79 Å². The lowest BCUT2D eigenvalue weighted by molar-refractivity contribution is -0.115. The molecule has 1 unspecified atom stereocenters. The largest absolute Gasteiger partial charge is 0.478 e. The molecule has 0 fully saturated rings. The van der Waals surface area contributed by atoms with E-state index in [1.807, 2.05) is 37.3 Å². The summed E-state index contributed by atoms with van der Waals surface area (Å²) in [5, 5.41) is 11.7. The molecule has 0 aliphatic heterocycles. The number of hydrogen-bond acceptors (Lipinski definition) is 3. The van der Waals surface area contributed by atoms with E-state index in [4.69, 9.17) is 5.11 Å². The first-order chi connectivity index (χ1) is 10.6. The number of nitrogens with one attached hydrogen (secondary N) is 1. The van der Waals surface area contributed by atoms with E-state index < -0.39 is 5.97 Å². The van der Waals surface area contributed by atoms with Crippen LogP contribution in [0.15, 0.2) is 54.6 Å². The fraction of sp³-hybridized carbons (Fsp3) is 0.176. The summed E-state index contributed by atoms with van der Waals surface area (Å²) in [5.74, 6) is -0.562. The Balaban J connectivity index is 1.94. The normalized spacial score (nSPS) is 11.7. The van der Waals surface area contributed by atoms with Crippen molar-refractivity contribution in [1.82, 2.24) is 0 Å². The van der Waals surface area contributed by atoms with E-state index in [1.54, 1.807) is 24.3 Å². The number of aromatic carboxylic acids is 1. The van der Waals surface area contributed by atoms with Crippen LogP contribution in [0, 0.1) is 0 Å². The van der Waals surface area contributed by atoms with Crippen LogP contribution in [0.2, 0.25) is 0 Å². The lowest BCUT2D eigenvalue weighted by atomic mass is 10.1. The predicted molar refractivity (Wildman–Crippen MR) is 89.2 cm³/mol. The zero-order valence-corrected chi connectivity index (χ0v) is 13.0. The minimum absolute atomic E-state index is 0.0935. The van der Waals surface area contributed by atoms with Crippen LogP contribution < -0.4 is 5.32 Å². The van der Waals surface area contributed by atoms with Crippen molar-refractivity contribution in [1.29, 1.82) is 0 Å². The van der Waals surface area contributed by atoms with E-state index in [-0.39, 0.29) is 16.7 Å². The van der Waals surface area contributed by atoms with E-state index in [0.29, 0.717) is 5.75 Å². The monoisotopic (exact) mass is 315 g/mol. The van der Waals surface area contributed by atoms with Gasteiger partial charge in [-0.15, -0.1) is 11.8 Å². The third-order valence-corrected chi connectivity index (χ3v) is 4.34. The second-order valence-electron chi connectivity index (χ2n) is 4.77. The lowest BCUT2D eigenvalue weighted by Gasteiger charge is -2.13. The fourth-order valence-corrected chi connectivity index (χ4v) is 2.80. The van der Waals surface area contributed by atoms with Gasteiger partial charge in [0, 0.05) is 11.4 Å². The molecular weight excluding hydrogens is 298 g/mol. The maximum absolute atomic E-state index is 12.1. The average molecular weight is 315 g/mol. The summed E-state index contributed by atoms with van der Waals surface area (Å²) in [6, 6.07) is 16.1. The van der Waals surface area contributed by atoms with Gasteiger partial charge >= 0.3 is 5.97 Å². The molecule has 2 aromatic rings. The number of benzene rings is 2. The predicted octanol–water partition coefficient (Wildman–Crippen LogP) is 3.65. The molecule has 4 nitrogen and oxygen atoms in total. The highest BCUT2D eigenvalue weighted by Crippen LogP contribution is 2.21. The third-order valence-electron chi connectivity index (χ3n) is 3.15. The first kappa shape index (κ1) is 16.1. The number of amides is 1. The molecule has 114 valence electrons. The van der Waals surface area contributed by atoms with Gasteiger partial charge in [-0.05, 0) is 30.7 Å². The number of thioether (sulfide) groups is 1. The molecule has 5 heteroatoms. The van der Waals surface area contributed by atoms with Gasteiger partial charge in [0.05, 0.1) is 10.8 Å². The Hall–Kier alpha value is -2.27. The maximum Gasteiger partial charge on any atom is 0.335 e. The van der Waals surface area contributed by atoms with Crippen molar-refractivity contribution in [3.63, 3.8) is 0 Å². The van der Waals surface area contributed by atoms with Gasteiger partial charge in [0.25, 0.3) is 0 Å². The van der Waals surface area contributed by atoms with Crippen molar-refractivity contribution in [2.75, 3.05) is 5.32 Å². The third kappa shape index (κ3) is 4.36. The maximum atomic E-state index is 12.1. The Morgan fingerprint density at radius 1 is 1.09 bits per heavy atom. The Labute approximate surface area is 133 Å². The van der Waals surface area contributed by atoms with Crippen molar-refractivity contribution < 1.29 is 14.7 Å². The summed E-state index contributed by atoms with van der Waals surface area (Å²) in [5.41, 5.74) is 1.76. The first-order valence-corrected chi connectivity index (χ1v) is 7.91. The molecule has 0 heterocycles. The Bertz CT molecular complexity index is 658. The van der Waals surface area contributed by atoms with Crippen molar-refractivity contribution in [2.24, 2.45) is 0 Å². The van der Waals surface area contributed by atoms with Gasteiger partial charge in [0.2, 0.25) is 5.91 Å². The molecule has 0 radical (unpaired) electrons. The number of hydrogen-bond donors (Lipinski definition) is 2. The van der Waals surface area contributed by atoms with E-state index >= 15 is 0 Å². The molecule has 2 N–H and O–H groups in total. The lowest BCUT2D eigenvalue weighted by Crippen LogP contribution is -2.22. The molecule has 1 atom stereocenters. The van der Waals surface area contributed by atoms with Crippen molar-refractivity contribution in [2.45, 2.75) is 17.9 Å². The first-order valence-electron chi connectivity index (χ1n) is 6.86. The minimum Gasteiger partial charge on any atom is -0.478 e. The molecule has 0 saturated carbocycles. The molecule has 0 saturated heterocycles. The Morgan fingerprint density at radius 3 is 2.41 bits per heavy atom. The highest BCUT2D eigenvalue weighted by atomic mass is 32.2. The highest BCUT2D eigenvalue weighted by molar-refractivity contribution is 7.99. The smallest absolute Gasteiger partial charge is 0.335 e. The minimum atomic E-state index is -0.947. The van der Waals surface area contributed by atoms with Crippen molar-refractivity contribution >= 4 is 29.3 Å². The number of carboxylic acids is 1. The average Bonchev–Trinajstić information content (AvgIpc) is 2.53. The van der Waals surface area contributed by atoms with Crippen LogP contribution >= 0.6 is 11.8 Å². The second-order valence-corrected chi connectivity index (χ2v) is 6.10. The highest BCUT2D eigenvalue weighted by Gasteiger charge is 2.15. The zero-order valence-electron chi connectivity index (χ0n) is 12.2. The van der Waals surface area contributed by atoms with Gasteiger partial charge in [-0.1, -0.05) is 36.4 Å². The van der Waals surface area contributed by atoms with Gasteiger partial charge in [-0.3, -0.25) is 4.79 Å². The van der Waals surface area contributed by atoms with Gasteiger partial charge in [-0.2, -0.15) is 0 Å². The standard InChI is InChI=1S/C17H17NO3S/c1-12(16(19)18-14-8-3-2-4-9-14)22-11-13-7-5-6-10-15(13)17(20)21/h2-10,12H,11H2,1H3,(H,18,19)(H,20,21). The van der Waals surface area contributed by atoms with Crippen LogP contribution in [0.1, 0.15) is 22.8 Å². The Kier molecular flexibility index (Phi) is 5.61. The molecule has 0 aromatic heterocycles. The van der Waals surface area contributed by atoms with Crippen LogP contribution in [0.5, 0.6) is 0 Å². The number of carbonyl (C=O) groups excluding carboxylic acids is 1. The molecular formula is C17H17NO3S. The van der Waals surface area contributed by atoms with Gasteiger partial charge < -0.3 is 10.4 Å². The quantitative estimate of drug-likeness (QED) is 0.854. The van der Waals surface area contributed by atoms with Crippen LogP contribution in [0.25, 0.3) is 0 Å². The zero-order chi connectivity index (χ0) is 15.9. The Morgan fingerprint density at radius 2 is 1.73 bits per heavy atom. The number of carbonyl (C=O) groups is 2. The van der Waals surface area contributed by atoms with Crippen LogP contribution in [0.4, 0.5) is 5.69 Å². The molecule has 2 aromatic carbocycles. The number of para-hydroxylation sites is 1. The SMILES string of the molecule is CC(SCc1ccccc1C(=O)O)C(=O)Nc1ccccc1. The van der Waals surface area contributed by atoms with E-state index in [1.165, 1.54) is 11.8 Å². The summed E-state index contributed by atoms with van der Waals surface area (Å²) in [4.78, 5) is 23.3. The summed E-state index contributed by atoms with van der Waals surface area (Å²) in [7, 11) is 0. The van der Waals surface area contributed by atoms with Crippen LogP contribution in [0.3, 0.4) is 0 Å². The number of rotatable bonds is 6. The molecule has 0 bridgehead atoms. The summed E-state index contributed by atoms with van der Waals surface area (Å²) < 4.78 is 0. The molecule has 1 amide bonds. The topological polar surface area (TPSA) is 66.4 Å². The van der Waals surface area contributed by atoms with Crippen molar-refractivity contribution in [3.8, 4) is 0 Å². The fourth-order valence-electron chi connectivity index (χ4n) is 1.91. The van der Waals surface area contributed by atoms with E-state index in [2.05, 4.69) is 5.32 Å². The van der Waals surface area contributed by atoms with Crippen LogP contribution in [-0.4, -0.2) is 22.2 Å². The summed E-state index contributed by atoms with van der Waals surface area (Å²) >= 11 is 1.41. The molecule has 0 aliphatic rings. The second kappa shape index (κ2) is 7.66. The molecule has 0 aliphatic carbocycles. The number of anilines is 1. The van der Waals surface area contributed by atoms with Crippen molar-refractivity contribution in [3.05, 3.63) is 65.7 Å². The van der Waals surface area contributed by atoms with Gasteiger partial charge in [0.15, 0.2) is 0 Å². The molecule has 2 rings (SSSR count). The van der Waals surface area contributed by atoms with E-state index in [9.17, 15) is 9.59 Å². The summed E-state index contributed by atoms with van der Waals surface area (Å²) in [6.45, 7) is 1.81. The molecule has 22 heavy (non-hydrogen) atoms. The number of carboxylic acid groups (broad SMARTS) is 1. The van der Waals surface area contributed by atoms with Gasteiger partial charge in [0.1, 0.15) is 0 Å². The molecule has 0 spiro atoms.